The first-order valence-corrected chi connectivity index (χ1v) is 8.65. The van der Waals surface area contributed by atoms with Crippen LogP contribution in [-0.4, -0.2) is 26.8 Å². The summed E-state index contributed by atoms with van der Waals surface area (Å²) in [5, 5.41) is 3.11. The van der Waals surface area contributed by atoms with Crippen molar-refractivity contribution in [3.8, 4) is 0 Å². The average Bonchev–Trinajstić information content (AvgIpc) is 2.64. The molecule has 2 unspecified atom stereocenters. The number of nitrogens with one attached hydrogen (secondary N) is 1. The Morgan fingerprint density at radius 2 is 1.84 bits per heavy atom. The molecule has 1 aromatic rings. The van der Waals surface area contributed by atoms with Crippen LogP contribution in [0.15, 0.2) is 29.2 Å². The highest BCUT2D eigenvalue weighted by Crippen LogP contribution is 2.31. The van der Waals surface area contributed by atoms with Crippen LogP contribution in [0.3, 0.4) is 0 Å². The van der Waals surface area contributed by atoms with E-state index < -0.39 is 9.84 Å². The zero-order valence-corrected chi connectivity index (χ0v) is 12.7. The van der Waals surface area contributed by atoms with Gasteiger partial charge in [0.25, 0.3) is 0 Å². The molecular formula is C14H20ClNO2S. The van der Waals surface area contributed by atoms with E-state index >= 15 is 0 Å². The molecule has 0 bridgehead atoms. The molecule has 0 aliphatic heterocycles. The molecule has 0 saturated heterocycles. The van der Waals surface area contributed by atoms with Crippen molar-refractivity contribution in [2.24, 2.45) is 0 Å². The highest BCUT2D eigenvalue weighted by Gasteiger charge is 2.35. The summed E-state index contributed by atoms with van der Waals surface area (Å²) in [6.07, 6.45) is 4.77. The number of hydrogen-bond donors (Lipinski definition) is 1. The van der Waals surface area contributed by atoms with Gasteiger partial charge in [-0.3, -0.25) is 0 Å². The average molecular weight is 302 g/mol. The lowest BCUT2D eigenvalue weighted by molar-refractivity contribution is 0.480. The summed E-state index contributed by atoms with van der Waals surface area (Å²) in [7, 11) is -1.53. The zero-order chi connectivity index (χ0) is 13.9. The second-order valence-corrected chi connectivity index (χ2v) is 7.59. The van der Waals surface area contributed by atoms with E-state index in [0.717, 1.165) is 25.7 Å². The van der Waals surface area contributed by atoms with Gasteiger partial charge in [0.05, 0.1) is 15.2 Å². The molecule has 1 aliphatic rings. The zero-order valence-electron chi connectivity index (χ0n) is 11.1. The first-order chi connectivity index (χ1) is 9.07. The Morgan fingerprint density at radius 3 is 2.53 bits per heavy atom. The molecule has 19 heavy (non-hydrogen) atoms. The van der Waals surface area contributed by atoms with Crippen molar-refractivity contribution in [1.29, 1.82) is 0 Å². The lowest BCUT2D eigenvalue weighted by Crippen LogP contribution is -2.41. The molecule has 2 atom stereocenters. The molecule has 2 rings (SSSR count). The van der Waals surface area contributed by atoms with Crippen molar-refractivity contribution in [1.82, 2.24) is 5.32 Å². The van der Waals surface area contributed by atoms with Crippen LogP contribution in [0, 0.1) is 0 Å². The number of halogens is 1. The maximum Gasteiger partial charge on any atom is 0.184 e. The number of sulfone groups is 1. The molecule has 0 aromatic heterocycles. The lowest BCUT2D eigenvalue weighted by Gasteiger charge is -2.25. The lowest BCUT2D eigenvalue weighted by atomic mass is 10.1. The van der Waals surface area contributed by atoms with Gasteiger partial charge in [0.1, 0.15) is 0 Å². The summed E-state index contributed by atoms with van der Waals surface area (Å²) in [5.74, 6) is 0. The summed E-state index contributed by atoms with van der Waals surface area (Å²) in [6, 6.07) is 6.74. The summed E-state index contributed by atoms with van der Waals surface area (Å²) in [6.45, 7) is 0. The van der Waals surface area contributed by atoms with Crippen molar-refractivity contribution in [3.63, 3.8) is 0 Å². The summed E-state index contributed by atoms with van der Waals surface area (Å²) >= 11 is 6.06. The monoisotopic (exact) mass is 301 g/mol. The first kappa shape index (κ1) is 14.8. The molecule has 1 aromatic carbocycles. The van der Waals surface area contributed by atoms with Gasteiger partial charge in [-0.05, 0) is 32.0 Å². The van der Waals surface area contributed by atoms with Crippen LogP contribution in [0.4, 0.5) is 0 Å². The van der Waals surface area contributed by atoms with Crippen LogP contribution >= 0.6 is 11.6 Å². The minimum atomic E-state index is -3.37. The van der Waals surface area contributed by atoms with Crippen molar-refractivity contribution in [2.75, 3.05) is 7.05 Å². The summed E-state index contributed by atoms with van der Waals surface area (Å²) in [5.41, 5.74) is 0. The van der Waals surface area contributed by atoms with Crippen molar-refractivity contribution >= 4 is 21.4 Å². The minimum Gasteiger partial charge on any atom is -0.316 e. The van der Waals surface area contributed by atoms with Gasteiger partial charge < -0.3 is 5.32 Å². The highest BCUT2D eigenvalue weighted by atomic mass is 35.5. The van der Waals surface area contributed by atoms with Gasteiger partial charge in [0.2, 0.25) is 0 Å². The SMILES string of the molecule is CNC1CCCCCC1S(=O)(=O)c1ccccc1Cl. The fourth-order valence-electron chi connectivity index (χ4n) is 2.81. The van der Waals surface area contributed by atoms with Gasteiger partial charge in [-0.25, -0.2) is 8.42 Å². The van der Waals surface area contributed by atoms with E-state index in [1.54, 1.807) is 24.3 Å². The molecule has 0 radical (unpaired) electrons. The van der Waals surface area contributed by atoms with Gasteiger partial charge in [-0.15, -0.1) is 0 Å². The number of hydrogen-bond acceptors (Lipinski definition) is 3. The molecule has 1 saturated carbocycles. The van der Waals surface area contributed by atoms with Gasteiger partial charge in [-0.1, -0.05) is 43.0 Å². The van der Waals surface area contributed by atoms with E-state index in [2.05, 4.69) is 5.32 Å². The Hall–Kier alpha value is -0.580. The molecule has 0 heterocycles. The standard InChI is InChI=1S/C14H20ClNO2S/c1-16-12-8-3-2-4-10-14(12)19(17,18)13-9-6-5-7-11(13)15/h5-7,9,12,14,16H,2-4,8,10H2,1H3. The molecule has 5 heteroatoms. The quantitative estimate of drug-likeness (QED) is 0.873. The number of rotatable bonds is 3. The Bertz CT molecular complexity index is 530. The minimum absolute atomic E-state index is 0.0174. The van der Waals surface area contributed by atoms with E-state index in [4.69, 9.17) is 11.6 Å². The topological polar surface area (TPSA) is 46.2 Å². The smallest absolute Gasteiger partial charge is 0.184 e. The van der Waals surface area contributed by atoms with Crippen LogP contribution in [-0.2, 0) is 9.84 Å². The van der Waals surface area contributed by atoms with Crippen LogP contribution < -0.4 is 5.32 Å². The Balaban J connectivity index is 2.39. The Morgan fingerprint density at radius 1 is 1.16 bits per heavy atom. The molecular weight excluding hydrogens is 282 g/mol. The normalized spacial score (nSPS) is 24.9. The first-order valence-electron chi connectivity index (χ1n) is 6.73. The van der Waals surface area contributed by atoms with Crippen LogP contribution in [0.2, 0.25) is 5.02 Å². The molecule has 1 N–H and O–H groups in total. The van der Waals surface area contributed by atoms with Gasteiger partial charge in [-0.2, -0.15) is 0 Å². The second-order valence-electron chi connectivity index (χ2n) is 5.05. The van der Waals surface area contributed by atoms with Crippen LogP contribution in [0.1, 0.15) is 32.1 Å². The maximum absolute atomic E-state index is 12.8. The number of benzene rings is 1. The van der Waals surface area contributed by atoms with Crippen molar-refractivity contribution in [2.45, 2.75) is 48.3 Å². The molecule has 1 aliphatic carbocycles. The summed E-state index contributed by atoms with van der Waals surface area (Å²) in [4.78, 5) is 0.267. The third-order valence-electron chi connectivity index (χ3n) is 3.87. The third kappa shape index (κ3) is 3.12. The predicted molar refractivity (Wildman–Crippen MR) is 78.4 cm³/mol. The van der Waals surface area contributed by atoms with E-state index in [1.807, 2.05) is 7.05 Å². The van der Waals surface area contributed by atoms with Crippen molar-refractivity contribution < 1.29 is 8.42 Å². The molecule has 3 nitrogen and oxygen atoms in total. The second kappa shape index (κ2) is 6.25. The van der Waals surface area contributed by atoms with Gasteiger partial charge >= 0.3 is 0 Å². The van der Waals surface area contributed by atoms with Gasteiger partial charge in [0.15, 0.2) is 9.84 Å². The Labute approximate surface area is 120 Å². The van der Waals surface area contributed by atoms with E-state index in [-0.39, 0.29) is 16.2 Å². The fraction of sp³-hybridized carbons (Fsp3) is 0.571. The highest BCUT2D eigenvalue weighted by molar-refractivity contribution is 7.92. The molecule has 0 amide bonds. The maximum atomic E-state index is 12.8. The van der Waals surface area contributed by atoms with Gasteiger partial charge in [0, 0.05) is 6.04 Å². The third-order valence-corrected chi connectivity index (χ3v) is 6.64. The van der Waals surface area contributed by atoms with E-state index in [1.165, 1.54) is 0 Å². The predicted octanol–water partition coefficient (Wildman–Crippen LogP) is 3.03. The molecule has 0 spiro atoms. The summed E-state index contributed by atoms with van der Waals surface area (Å²) < 4.78 is 25.6. The Kier molecular flexibility index (Phi) is 4.87. The van der Waals surface area contributed by atoms with Crippen LogP contribution in [0.5, 0.6) is 0 Å². The van der Waals surface area contributed by atoms with Crippen molar-refractivity contribution in [3.05, 3.63) is 29.3 Å². The van der Waals surface area contributed by atoms with E-state index in [0.29, 0.717) is 11.4 Å². The largest absolute Gasteiger partial charge is 0.316 e. The molecule has 1 fully saturated rings. The van der Waals surface area contributed by atoms with Crippen LogP contribution in [0.25, 0.3) is 0 Å². The van der Waals surface area contributed by atoms with E-state index in [9.17, 15) is 8.42 Å². The molecule has 106 valence electrons. The fourth-order valence-corrected chi connectivity index (χ4v) is 5.39.